The summed E-state index contributed by atoms with van der Waals surface area (Å²) in [6, 6.07) is 13.3. The third-order valence-corrected chi connectivity index (χ3v) is 3.17. The molecule has 21 heavy (non-hydrogen) atoms. The molecule has 0 spiro atoms. The average molecular weight is 306 g/mol. The van der Waals surface area contributed by atoms with Gasteiger partial charge >= 0.3 is 0 Å². The number of nitrogens with one attached hydrogen (secondary N) is 1. The van der Waals surface area contributed by atoms with Crippen molar-refractivity contribution >= 4 is 11.6 Å². The monoisotopic (exact) mass is 305 g/mol. The quantitative estimate of drug-likeness (QED) is 0.808. The van der Waals surface area contributed by atoms with E-state index in [0.717, 1.165) is 35.9 Å². The van der Waals surface area contributed by atoms with E-state index in [2.05, 4.69) is 12.2 Å². The van der Waals surface area contributed by atoms with Crippen molar-refractivity contribution < 1.29 is 9.47 Å². The second-order valence-corrected chi connectivity index (χ2v) is 4.98. The molecule has 2 aromatic carbocycles. The van der Waals surface area contributed by atoms with Crippen LogP contribution in [0.4, 0.5) is 0 Å². The van der Waals surface area contributed by atoms with Gasteiger partial charge in [-0.05, 0) is 37.7 Å². The minimum absolute atomic E-state index is 0.631. The Kier molecular flexibility index (Phi) is 5.90. The molecule has 0 heterocycles. The van der Waals surface area contributed by atoms with E-state index in [9.17, 15) is 0 Å². The summed E-state index contributed by atoms with van der Waals surface area (Å²) >= 11 is 6.07. The summed E-state index contributed by atoms with van der Waals surface area (Å²) in [5, 5.41) is 3.95. The highest BCUT2D eigenvalue weighted by Gasteiger charge is 2.07. The second-order valence-electron chi connectivity index (χ2n) is 4.54. The van der Waals surface area contributed by atoms with Crippen LogP contribution in [0.5, 0.6) is 17.2 Å². The molecule has 0 saturated carbocycles. The van der Waals surface area contributed by atoms with E-state index >= 15 is 0 Å². The third-order valence-electron chi connectivity index (χ3n) is 2.94. The summed E-state index contributed by atoms with van der Waals surface area (Å²) < 4.78 is 11.5. The Morgan fingerprint density at radius 1 is 1.05 bits per heavy atom. The summed E-state index contributed by atoms with van der Waals surface area (Å²) in [5.74, 6) is 2.29. The first-order chi connectivity index (χ1) is 10.2. The lowest BCUT2D eigenvalue weighted by Gasteiger charge is -2.13. The second kappa shape index (κ2) is 7.91. The van der Waals surface area contributed by atoms with Crippen LogP contribution in [-0.4, -0.2) is 13.2 Å². The van der Waals surface area contributed by atoms with E-state index in [-0.39, 0.29) is 0 Å². The molecule has 0 bridgehead atoms. The van der Waals surface area contributed by atoms with Crippen molar-refractivity contribution in [3.63, 3.8) is 0 Å². The van der Waals surface area contributed by atoms with Gasteiger partial charge in [0.2, 0.25) is 0 Å². The molecule has 3 nitrogen and oxygen atoms in total. The SMILES string of the molecule is CCNCc1ccc(Cl)cc1Oc1cccc(OCC)c1. The standard InChI is InChI=1S/C17H20ClNO2/c1-3-19-12-13-8-9-14(18)10-17(13)21-16-7-5-6-15(11-16)20-4-2/h5-11,19H,3-4,12H2,1-2H3. The average Bonchev–Trinajstić information content (AvgIpc) is 2.47. The molecule has 0 unspecified atom stereocenters. The van der Waals surface area contributed by atoms with Gasteiger partial charge in [0.15, 0.2) is 0 Å². The van der Waals surface area contributed by atoms with Crippen molar-refractivity contribution in [3.05, 3.63) is 53.1 Å². The van der Waals surface area contributed by atoms with E-state index in [1.165, 1.54) is 0 Å². The molecular formula is C17H20ClNO2. The highest BCUT2D eigenvalue weighted by atomic mass is 35.5. The first-order valence-corrected chi connectivity index (χ1v) is 7.50. The van der Waals surface area contributed by atoms with E-state index < -0.39 is 0 Å². The molecule has 0 radical (unpaired) electrons. The van der Waals surface area contributed by atoms with Crippen molar-refractivity contribution in [3.8, 4) is 17.2 Å². The molecule has 0 aliphatic rings. The molecular weight excluding hydrogens is 286 g/mol. The van der Waals surface area contributed by atoms with E-state index in [1.54, 1.807) is 0 Å². The largest absolute Gasteiger partial charge is 0.494 e. The Morgan fingerprint density at radius 2 is 1.86 bits per heavy atom. The predicted molar refractivity (Wildman–Crippen MR) is 86.5 cm³/mol. The predicted octanol–water partition coefficient (Wildman–Crippen LogP) is 4.64. The fraction of sp³-hybridized carbons (Fsp3) is 0.294. The van der Waals surface area contributed by atoms with Gasteiger partial charge in [-0.3, -0.25) is 0 Å². The van der Waals surface area contributed by atoms with Crippen molar-refractivity contribution in [2.75, 3.05) is 13.2 Å². The van der Waals surface area contributed by atoms with Gasteiger partial charge in [0, 0.05) is 23.2 Å². The summed E-state index contributed by atoms with van der Waals surface area (Å²) in [5.41, 5.74) is 1.07. The Hall–Kier alpha value is -1.71. The topological polar surface area (TPSA) is 30.5 Å². The van der Waals surface area contributed by atoms with Gasteiger partial charge in [-0.1, -0.05) is 30.7 Å². The fourth-order valence-corrected chi connectivity index (χ4v) is 2.11. The maximum absolute atomic E-state index is 6.07. The third kappa shape index (κ3) is 4.66. The van der Waals surface area contributed by atoms with Crippen LogP contribution < -0.4 is 14.8 Å². The molecule has 0 amide bonds. The van der Waals surface area contributed by atoms with Gasteiger partial charge in [0.25, 0.3) is 0 Å². The summed E-state index contributed by atoms with van der Waals surface area (Å²) in [7, 11) is 0. The molecule has 1 N–H and O–H groups in total. The molecule has 0 fully saturated rings. The Balaban J connectivity index is 2.21. The highest BCUT2D eigenvalue weighted by Crippen LogP contribution is 2.30. The van der Waals surface area contributed by atoms with Gasteiger partial charge in [-0.2, -0.15) is 0 Å². The number of hydrogen-bond acceptors (Lipinski definition) is 3. The lowest BCUT2D eigenvalue weighted by Crippen LogP contribution is -2.12. The summed E-state index contributed by atoms with van der Waals surface area (Å²) in [6.07, 6.45) is 0. The van der Waals surface area contributed by atoms with Crippen LogP contribution in [0.3, 0.4) is 0 Å². The number of ether oxygens (including phenoxy) is 2. The normalized spacial score (nSPS) is 10.4. The van der Waals surface area contributed by atoms with Crippen LogP contribution in [-0.2, 0) is 6.54 Å². The lowest BCUT2D eigenvalue weighted by atomic mass is 10.2. The van der Waals surface area contributed by atoms with Crippen molar-refractivity contribution in [1.82, 2.24) is 5.32 Å². The van der Waals surface area contributed by atoms with Gasteiger partial charge < -0.3 is 14.8 Å². The molecule has 2 aromatic rings. The molecule has 0 aromatic heterocycles. The van der Waals surface area contributed by atoms with Gasteiger partial charge in [-0.25, -0.2) is 0 Å². The molecule has 112 valence electrons. The smallest absolute Gasteiger partial charge is 0.133 e. The fourth-order valence-electron chi connectivity index (χ4n) is 1.95. The molecule has 0 saturated heterocycles. The van der Waals surface area contributed by atoms with Crippen LogP contribution in [0.25, 0.3) is 0 Å². The number of hydrogen-bond donors (Lipinski definition) is 1. The number of halogens is 1. The number of benzene rings is 2. The van der Waals surface area contributed by atoms with Crippen LogP contribution in [0.1, 0.15) is 19.4 Å². The number of rotatable bonds is 7. The van der Waals surface area contributed by atoms with E-state index in [4.69, 9.17) is 21.1 Å². The molecule has 0 aliphatic carbocycles. The maximum Gasteiger partial charge on any atom is 0.133 e. The van der Waals surface area contributed by atoms with Crippen molar-refractivity contribution in [2.45, 2.75) is 20.4 Å². The molecule has 4 heteroatoms. The Bertz CT molecular complexity index is 587. The summed E-state index contributed by atoms with van der Waals surface area (Å²) in [6.45, 7) is 6.31. The van der Waals surface area contributed by atoms with Crippen molar-refractivity contribution in [1.29, 1.82) is 0 Å². The van der Waals surface area contributed by atoms with Crippen LogP contribution in [0.2, 0.25) is 5.02 Å². The van der Waals surface area contributed by atoms with E-state index in [0.29, 0.717) is 11.6 Å². The zero-order valence-corrected chi connectivity index (χ0v) is 13.1. The van der Waals surface area contributed by atoms with Crippen LogP contribution in [0, 0.1) is 0 Å². The van der Waals surface area contributed by atoms with Crippen LogP contribution in [0.15, 0.2) is 42.5 Å². The first kappa shape index (κ1) is 15.7. The van der Waals surface area contributed by atoms with Gasteiger partial charge in [0.05, 0.1) is 6.61 Å². The molecule has 0 atom stereocenters. The lowest BCUT2D eigenvalue weighted by molar-refractivity contribution is 0.338. The minimum Gasteiger partial charge on any atom is -0.494 e. The highest BCUT2D eigenvalue weighted by molar-refractivity contribution is 6.30. The molecule has 2 rings (SSSR count). The van der Waals surface area contributed by atoms with E-state index in [1.807, 2.05) is 49.4 Å². The van der Waals surface area contributed by atoms with Gasteiger partial charge in [0.1, 0.15) is 17.2 Å². The van der Waals surface area contributed by atoms with Crippen LogP contribution >= 0.6 is 11.6 Å². The van der Waals surface area contributed by atoms with Crippen molar-refractivity contribution in [2.24, 2.45) is 0 Å². The molecule has 0 aliphatic heterocycles. The zero-order chi connectivity index (χ0) is 15.1. The summed E-state index contributed by atoms with van der Waals surface area (Å²) in [4.78, 5) is 0. The van der Waals surface area contributed by atoms with Gasteiger partial charge in [-0.15, -0.1) is 0 Å². The maximum atomic E-state index is 6.07. The Labute approximate surface area is 130 Å². The zero-order valence-electron chi connectivity index (χ0n) is 12.4. The first-order valence-electron chi connectivity index (χ1n) is 7.12. The Morgan fingerprint density at radius 3 is 2.62 bits per heavy atom. The minimum atomic E-state index is 0.631.